The molecule has 2 aromatic carbocycles. The summed E-state index contributed by atoms with van der Waals surface area (Å²) in [7, 11) is 1.48. The first-order chi connectivity index (χ1) is 12.5. The van der Waals surface area contributed by atoms with Gasteiger partial charge < -0.3 is 14.9 Å². The number of halogens is 1. The molecule has 0 spiro atoms. The molecule has 0 unspecified atom stereocenters. The quantitative estimate of drug-likeness (QED) is 0.559. The molecule has 26 heavy (non-hydrogen) atoms. The summed E-state index contributed by atoms with van der Waals surface area (Å²) in [5, 5.41) is 19.8. The predicted molar refractivity (Wildman–Crippen MR) is 107 cm³/mol. The van der Waals surface area contributed by atoms with Crippen LogP contribution in [0.4, 0.5) is 0 Å². The summed E-state index contributed by atoms with van der Waals surface area (Å²) in [6.07, 6.45) is 2.25. The molecule has 0 aliphatic carbocycles. The molecule has 1 aromatic heterocycles. The molecular weight excluding hydrogens is 418 g/mol. The number of aromatic nitrogens is 1. The third kappa shape index (κ3) is 4.05. The van der Waals surface area contributed by atoms with E-state index in [0.29, 0.717) is 16.6 Å². The standard InChI is InChI=1S/C19H16BrNO4S/c1-25-15-10-11(9-13(20)18(15)24)8-12(6-7-17(22)23)19-21-14-4-2-3-5-16(14)26-19/h2-5,8-10,24H,6-7H2,1H3,(H,22,23). The molecule has 2 N–H and O–H groups in total. The topological polar surface area (TPSA) is 79.7 Å². The molecule has 3 aromatic rings. The highest BCUT2D eigenvalue weighted by atomic mass is 79.9. The number of para-hydroxylation sites is 1. The number of aliphatic carboxylic acids is 1. The minimum Gasteiger partial charge on any atom is -0.503 e. The zero-order valence-corrected chi connectivity index (χ0v) is 16.3. The Kier molecular flexibility index (Phi) is 5.58. The highest BCUT2D eigenvalue weighted by Gasteiger charge is 2.13. The van der Waals surface area contributed by atoms with Gasteiger partial charge in [0.05, 0.1) is 21.8 Å². The van der Waals surface area contributed by atoms with Gasteiger partial charge in [-0.15, -0.1) is 11.3 Å². The molecule has 0 aliphatic heterocycles. The second kappa shape index (κ2) is 7.88. The van der Waals surface area contributed by atoms with Gasteiger partial charge in [-0.25, -0.2) is 4.98 Å². The summed E-state index contributed by atoms with van der Waals surface area (Å²) in [6.45, 7) is 0. The molecule has 0 saturated heterocycles. The van der Waals surface area contributed by atoms with Crippen molar-refractivity contribution in [2.24, 2.45) is 0 Å². The number of phenolic OH excluding ortho intramolecular Hbond substituents is 1. The molecule has 3 rings (SSSR count). The van der Waals surface area contributed by atoms with Gasteiger partial charge in [-0.1, -0.05) is 12.1 Å². The SMILES string of the molecule is COc1cc(C=C(CCC(=O)O)c2nc3ccccc3s2)cc(Br)c1O. The number of carboxylic acids is 1. The lowest BCUT2D eigenvalue weighted by atomic mass is 10.1. The van der Waals surface area contributed by atoms with Crippen LogP contribution in [0.15, 0.2) is 40.9 Å². The maximum absolute atomic E-state index is 11.1. The van der Waals surface area contributed by atoms with Crippen LogP contribution < -0.4 is 4.74 Å². The van der Waals surface area contributed by atoms with E-state index in [4.69, 9.17) is 9.84 Å². The van der Waals surface area contributed by atoms with Gasteiger partial charge in [0.2, 0.25) is 0 Å². The summed E-state index contributed by atoms with van der Waals surface area (Å²) >= 11 is 4.84. The average Bonchev–Trinajstić information content (AvgIpc) is 3.05. The molecule has 0 aliphatic rings. The van der Waals surface area contributed by atoms with Crippen LogP contribution in [0.3, 0.4) is 0 Å². The normalized spacial score (nSPS) is 11.7. The molecule has 0 saturated carbocycles. The third-order valence-corrected chi connectivity index (χ3v) is 5.50. The lowest BCUT2D eigenvalue weighted by Crippen LogP contribution is -1.95. The van der Waals surface area contributed by atoms with Crippen molar-refractivity contribution in [1.29, 1.82) is 0 Å². The Labute approximate surface area is 162 Å². The van der Waals surface area contributed by atoms with Crippen LogP contribution in [0.2, 0.25) is 0 Å². The Hall–Kier alpha value is -2.38. The van der Waals surface area contributed by atoms with Crippen LogP contribution in [0.1, 0.15) is 23.4 Å². The predicted octanol–water partition coefficient (Wildman–Crippen LogP) is 5.18. The Bertz CT molecular complexity index is 963. The number of hydrogen-bond donors (Lipinski definition) is 2. The third-order valence-electron chi connectivity index (χ3n) is 3.79. The first kappa shape index (κ1) is 18.4. The number of ether oxygens (including phenoxy) is 1. The van der Waals surface area contributed by atoms with Gasteiger partial charge in [-0.2, -0.15) is 0 Å². The van der Waals surface area contributed by atoms with E-state index >= 15 is 0 Å². The number of hydrogen-bond acceptors (Lipinski definition) is 5. The second-order valence-electron chi connectivity index (χ2n) is 5.60. The van der Waals surface area contributed by atoms with Gasteiger partial charge in [-0.05, 0) is 63.8 Å². The number of phenols is 1. The smallest absolute Gasteiger partial charge is 0.303 e. The molecule has 0 fully saturated rings. The molecular formula is C19H16BrNO4S. The summed E-state index contributed by atoms with van der Waals surface area (Å²) in [5.74, 6) is -0.495. The number of carbonyl (C=O) groups is 1. The first-order valence-electron chi connectivity index (χ1n) is 7.82. The van der Waals surface area contributed by atoms with E-state index in [1.54, 1.807) is 12.1 Å². The van der Waals surface area contributed by atoms with E-state index in [2.05, 4.69) is 20.9 Å². The van der Waals surface area contributed by atoms with Gasteiger partial charge in [0.1, 0.15) is 5.01 Å². The monoisotopic (exact) mass is 433 g/mol. The molecule has 0 bridgehead atoms. The van der Waals surface area contributed by atoms with Gasteiger partial charge in [0.15, 0.2) is 11.5 Å². The number of thiazole rings is 1. The summed E-state index contributed by atoms with van der Waals surface area (Å²) < 4.78 is 6.74. The van der Waals surface area contributed by atoms with Gasteiger partial charge in [0, 0.05) is 6.42 Å². The van der Waals surface area contributed by atoms with Gasteiger partial charge in [-0.3, -0.25) is 4.79 Å². The molecule has 7 heteroatoms. The Morgan fingerprint density at radius 1 is 1.31 bits per heavy atom. The average molecular weight is 434 g/mol. The number of aromatic hydroxyl groups is 1. The highest BCUT2D eigenvalue weighted by molar-refractivity contribution is 9.10. The first-order valence-corrected chi connectivity index (χ1v) is 9.43. The fourth-order valence-corrected chi connectivity index (χ4v) is 3.99. The van der Waals surface area contributed by atoms with Crippen molar-refractivity contribution in [3.05, 3.63) is 51.4 Å². The van der Waals surface area contributed by atoms with Crippen molar-refractivity contribution in [3.8, 4) is 11.5 Å². The van der Waals surface area contributed by atoms with Crippen LogP contribution in [-0.4, -0.2) is 28.3 Å². The largest absolute Gasteiger partial charge is 0.503 e. The minimum atomic E-state index is -0.860. The van der Waals surface area contributed by atoms with Crippen LogP contribution in [-0.2, 0) is 4.79 Å². The highest BCUT2D eigenvalue weighted by Crippen LogP contribution is 2.37. The molecule has 1 heterocycles. The van der Waals surface area contributed by atoms with Crippen LogP contribution in [0, 0.1) is 0 Å². The Morgan fingerprint density at radius 3 is 2.77 bits per heavy atom. The van der Waals surface area contributed by atoms with E-state index in [1.165, 1.54) is 18.4 Å². The van der Waals surface area contributed by atoms with E-state index < -0.39 is 5.97 Å². The number of rotatable bonds is 6. The van der Waals surface area contributed by atoms with Crippen molar-refractivity contribution in [3.63, 3.8) is 0 Å². The fourth-order valence-electron chi connectivity index (χ4n) is 2.53. The summed E-state index contributed by atoms with van der Waals surface area (Å²) in [6, 6.07) is 11.3. The number of allylic oxidation sites excluding steroid dienone is 1. The molecule has 5 nitrogen and oxygen atoms in total. The van der Waals surface area contributed by atoms with Crippen molar-refractivity contribution in [2.75, 3.05) is 7.11 Å². The van der Waals surface area contributed by atoms with Crippen LogP contribution in [0.25, 0.3) is 21.9 Å². The number of benzene rings is 2. The number of fused-ring (bicyclic) bond motifs is 1. The maximum Gasteiger partial charge on any atom is 0.303 e. The Balaban J connectivity index is 2.07. The summed E-state index contributed by atoms with van der Waals surface area (Å²) in [4.78, 5) is 15.7. The Morgan fingerprint density at radius 2 is 2.08 bits per heavy atom. The van der Waals surface area contributed by atoms with E-state index in [-0.39, 0.29) is 12.2 Å². The number of nitrogens with zero attached hydrogens (tertiary/aromatic N) is 1. The molecule has 0 radical (unpaired) electrons. The molecule has 0 amide bonds. The molecule has 134 valence electrons. The van der Waals surface area contributed by atoms with E-state index in [0.717, 1.165) is 26.4 Å². The zero-order valence-electron chi connectivity index (χ0n) is 13.9. The lowest BCUT2D eigenvalue weighted by Gasteiger charge is -2.08. The molecule has 0 atom stereocenters. The number of carboxylic acid groups (broad SMARTS) is 1. The fraction of sp³-hybridized carbons (Fsp3) is 0.158. The van der Waals surface area contributed by atoms with Crippen LogP contribution in [0.5, 0.6) is 11.5 Å². The van der Waals surface area contributed by atoms with Crippen molar-refractivity contribution in [1.82, 2.24) is 4.98 Å². The van der Waals surface area contributed by atoms with Crippen LogP contribution >= 0.6 is 27.3 Å². The van der Waals surface area contributed by atoms with Gasteiger partial charge in [0.25, 0.3) is 0 Å². The maximum atomic E-state index is 11.1. The van der Waals surface area contributed by atoms with Crippen molar-refractivity contribution in [2.45, 2.75) is 12.8 Å². The van der Waals surface area contributed by atoms with E-state index in [9.17, 15) is 9.90 Å². The lowest BCUT2D eigenvalue weighted by molar-refractivity contribution is -0.136. The second-order valence-corrected chi connectivity index (χ2v) is 7.49. The number of methoxy groups -OCH3 is 1. The zero-order chi connectivity index (χ0) is 18.7. The van der Waals surface area contributed by atoms with Gasteiger partial charge >= 0.3 is 5.97 Å². The van der Waals surface area contributed by atoms with E-state index in [1.807, 2.05) is 30.3 Å². The van der Waals surface area contributed by atoms with Crippen molar-refractivity contribution >= 4 is 55.1 Å². The summed E-state index contributed by atoms with van der Waals surface area (Å²) in [5.41, 5.74) is 2.50. The minimum absolute atomic E-state index is 0.0121. The van der Waals surface area contributed by atoms with Crippen molar-refractivity contribution < 1.29 is 19.7 Å².